The second-order valence-electron chi connectivity index (χ2n) is 10.4. The second kappa shape index (κ2) is 12.2. The molecule has 0 fully saturated rings. The number of carbonyl (C=O) groups excluding carboxylic acids is 3. The molecule has 1 aliphatic rings. The number of alkyl carbamates (subject to hydrolysis) is 2. The van der Waals surface area contributed by atoms with E-state index in [1.54, 1.807) is 47.6 Å². The van der Waals surface area contributed by atoms with Crippen LogP contribution < -0.4 is 16.4 Å². The topological polar surface area (TPSA) is 141 Å². The van der Waals surface area contributed by atoms with Crippen molar-refractivity contribution in [3.8, 4) is 0 Å². The van der Waals surface area contributed by atoms with Gasteiger partial charge in [-0.25, -0.2) is 19.4 Å². The van der Waals surface area contributed by atoms with E-state index in [1.807, 2.05) is 0 Å². The summed E-state index contributed by atoms with van der Waals surface area (Å²) in [6, 6.07) is -0.792. The van der Waals surface area contributed by atoms with Gasteiger partial charge in [-0.05, 0) is 47.5 Å². The Morgan fingerprint density at radius 1 is 1.03 bits per heavy atom. The number of amides is 2. The molecule has 1 aliphatic carbocycles. The fraction of sp³-hybridized carbons (Fsp3) is 0.750. The summed E-state index contributed by atoms with van der Waals surface area (Å²) >= 11 is 0. The van der Waals surface area contributed by atoms with Crippen molar-refractivity contribution in [1.29, 1.82) is 0 Å². The van der Waals surface area contributed by atoms with E-state index in [2.05, 4.69) is 29.5 Å². The molecule has 0 aromatic rings. The number of carbonyl (C=O) groups is 3. The molecule has 34 heavy (non-hydrogen) atoms. The number of aliphatic imine (C=N–C) groups is 1. The summed E-state index contributed by atoms with van der Waals surface area (Å²) in [5.74, 6) is -0.692. The Labute approximate surface area is 203 Å². The zero-order valence-electron chi connectivity index (χ0n) is 22.0. The molecule has 10 heteroatoms. The molecule has 0 radical (unpaired) electrons. The molecule has 0 saturated carbocycles. The van der Waals surface area contributed by atoms with Crippen molar-refractivity contribution in [2.75, 3.05) is 7.11 Å². The van der Waals surface area contributed by atoms with Crippen LogP contribution in [0.25, 0.3) is 0 Å². The van der Waals surface area contributed by atoms with E-state index in [0.717, 1.165) is 12.8 Å². The normalized spacial score (nSPS) is 19.1. The van der Waals surface area contributed by atoms with E-state index in [0.29, 0.717) is 5.57 Å². The van der Waals surface area contributed by atoms with E-state index in [1.165, 1.54) is 7.11 Å². The molecule has 2 amide bonds. The summed E-state index contributed by atoms with van der Waals surface area (Å²) in [6.07, 6.45) is 2.20. The maximum Gasteiger partial charge on any atom is 0.414 e. The van der Waals surface area contributed by atoms with Crippen molar-refractivity contribution < 1.29 is 28.6 Å². The summed E-state index contributed by atoms with van der Waals surface area (Å²) in [4.78, 5) is 41.7. The minimum atomic E-state index is -0.790. The van der Waals surface area contributed by atoms with Gasteiger partial charge in [0.2, 0.25) is 5.96 Å². The lowest BCUT2D eigenvalue weighted by Gasteiger charge is -2.29. The fourth-order valence-corrected chi connectivity index (χ4v) is 3.76. The van der Waals surface area contributed by atoms with Gasteiger partial charge in [-0.3, -0.25) is 10.6 Å². The molecule has 0 spiro atoms. The Morgan fingerprint density at radius 3 is 1.88 bits per heavy atom. The zero-order valence-corrected chi connectivity index (χ0v) is 22.0. The van der Waals surface area contributed by atoms with Crippen LogP contribution in [0.3, 0.4) is 0 Å². The van der Waals surface area contributed by atoms with E-state index in [9.17, 15) is 14.4 Å². The summed E-state index contributed by atoms with van der Waals surface area (Å²) in [5, 5.41) is 4.98. The summed E-state index contributed by atoms with van der Waals surface area (Å²) < 4.78 is 15.5. The first kappa shape index (κ1) is 29.4. The minimum absolute atomic E-state index is 0.144. The average molecular weight is 483 g/mol. The van der Waals surface area contributed by atoms with Gasteiger partial charge in [0.25, 0.3) is 0 Å². The van der Waals surface area contributed by atoms with E-state index in [4.69, 9.17) is 19.9 Å². The molecule has 0 saturated heterocycles. The largest absolute Gasteiger partial charge is 0.466 e. The van der Waals surface area contributed by atoms with Crippen molar-refractivity contribution in [3.05, 3.63) is 11.6 Å². The molecule has 0 heterocycles. The first-order valence-electron chi connectivity index (χ1n) is 11.7. The lowest BCUT2D eigenvalue weighted by Crippen LogP contribution is -2.48. The highest BCUT2D eigenvalue weighted by Gasteiger charge is 2.37. The summed E-state index contributed by atoms with van der Waals surface area (Å²) in [7, 11) is 1.31. The average Bonchev–Trinajstić information content (AvgIpc) is 3.08. The first-order chi connectivity index (χ1) is 15.6. The van der Waals surface area contributed by atoms with Crippen LogP contribution >= 0.6 is 0 Å². The van der Waals surface area contributed by atoms with Crippen molar-refractivity contribution >= 4 is 24.1 Å². The van der Waals surface area contributed by atoms with E-state index >= 15 is 0 Å². The predicted molar refractivity (Wildman–Crippen MR) is 130 cm³/mol. The van der Waals surface area contributed by atoms with Gasteiger partial charge in [-0.15, -0.1) is 0 Å². The van der Waals surface area contributed by atoms with Crippen LogP contribution in [0.4, 0.5) is 9.59 Å². The lowest BCUT2D eigenvalue weighted by atomic mass is 9.83. The molecule has 0 aromatic heterocycles. The molecular formula is C24H42N4O6. The van der Waals surface area contributed by atoms with Crippen LogP contribution in [0.2, 0.25) is 0 Å². The number of ether oxygens (including phenoxy) is 3. The second-order valence-corrected chi connectivity index (χ2v) is 10.4. The number of nitrogens with one attached hydrogen (secondary N) is 2. The van der Waals surface area contributed by atoms with Crippen molar-refractivity contribution in [1.82, 2.24) is 10.6 Å². The van der Waals surface area contributed by atoms with Gasteiger partial charge in [0.1, 0.15) is 11.2 Å². The van der Waals surface area contributed by atoms with Crippen LogP contribution in [-0.2, 0) is 19.0 Å². The smallest absolute Gasteiger partial charge is 0.414 e. The number of hydrogen-bond donors (Lipinski definition) is 3. The van der Waals surface area contributed by atoms with Gasteiger partial charge in [-0.1, -0.05) is 32.8 Å². The number of hydrogen-bond acceptors (Lipinski definition) is 8. The Hall–Kier alpha value is -2.62. The Morgan fingerprint density at radius 2 is 1.50 bits per heavy atom. The first-order valence-corrected chi connectivity index (χ1v) is 11.7. The molecule has 0 aliphatic heterocycles. The third kappa shape index (κ3) is 9.70. The lowest BCUT2D eigenvalue weighted by molar-refractivity contribution is -0.136. The van der Waals surface area contributed by atoms with Crippen molar-refractivity contribution in [2.45, 2.75) is 97.9 Å². The van der Waals surface area contributed by atoms with Gasteiger partial charge >= 0.3 is 18.2 Å². The predicted octanol–water partition coefficient (Wildman–Crippen LogP) is 3.64. The van der Waals surface area contributed by atoms with Gasteiger partial charge in [0.05, 0.1) is 13.2 Å². The summed E-state index contributed by atoms with van der Waals surface area (Å²) in [6.45, 7) is 14.4. The molecule has 4 N–H and O–H groups in total. The van der Waals surface area contributed by atoms with E-state index < -0.39 is 35.4 Å². The zero-order chi connectivity index (χ0) is 26.3. The number of nitrogens with zero attached hydrogens (tertiary/aromatic N) is 1. The van der Waals surface area contributed by atoms with Crippen LogP contribution in [-0.4, -0.2) is 54.5 Å². The number of nitrogens with two attached hydrogens (primary N) is 1. The Bertz CT molecular complexity index is 758. The minimum Gasteiger partial charge on any atom is -0.466 e. The van der Waals surface area contributed by atoms with E-state index in [-0.39, 0.29) is 30.3 Å². The molecule has 1 rings (SSSR count). The highest BCUT2D eigenvalue weighted by molar-refractivity contribution is 6.01. The van der Waals surface area contributed by atoms with Crippen LogP contribution in [0, 0.1) is 11.8 Å². The molecule has 194 valence electrons. The van der Waals surface area contributed by atoms with Gasteiger partial charge < -0.3 is 19.9 Å². The number of methoxy groups -OCH3 is 1. The monoisotopic (exact) mass is 482 g/mol. The number of rotatable bonds is 6. The van der Waals surface area contributed by atoms with Crippen LogP contribution in [0.5, 0.6) is 0 Å². The summed E-state index contributed by atoms with van der Waals surface area (Å²) in [5.41, 5.74) is 5.54. The maximum absolute atomic E-state index is 12.4. The third-order valence-electron chi connectivity index (χ3n) is 5.29. The van der Waals surface area contributed by atoms with Crippen molar-refractivity contribution in [2.24, 2.45) is 22.6 Å². The quantitative estimate of drug-likeness (QED) is 0.227. The Kier molecular flexibility index (Phi) is 10.5. The molecule has 3 atom stereocenters. The molecule has 10 nitrogen and oxygen atoms in total. The maximum atomic E-state index is 12.4. The third-order valence-corrected chi connectivity index (χ3v) is 5.29. The SMILES string of the molecule is CCC(CC)C(N)[C@@H]1C=C(C(=O)OC)C[C@H]1N=C(NC(=O)OC(C)(C)C)NC(=O)OC(C)(C)C. The number of esters is 1. The van der Waals surface area contributed by atoms with Crippen molar-refractivity contribution in [3.63, 3.8) is 0 Å². The van der Waals surface area contributed by atoms with Crippen LogP contribution in [0.15, 0.2) is 16.6 Å². The van der Waals surface area contributed by atoms with Gasteiger partial charge in [0, 0.05) is 24.0 Å². The molecule has 1 unspecified atom stereocenters. The molecule has 0 aromatic carbocycles. The van der Waals surface area contributed by atoms with Gasteiger partial charge in [0.15, 0.2) is 0 Å². The molecule has 0 bridgehead atoms. The van der Waals surface area contributed by atoms with Crippen LogP contribution in [0.1, 0.15) is 74.7 Å². The highest BCUT2D eigenvalue weighted by atomic mass is 16.6. The standard InChI is InChI=1S/C24H42N4O6/c1-10-14(11-2)18(25)16-12-15(19(29)32-9)13-17(16)26-20(27-21(30)33-23(3,4)5)28-22(31)34-24(6,7)8/h12,14,16-18H,10-11,13,25H2,1-9H3,(H2,26,27,28,30,31)/t16-,17-,18?/m1/s1. The fourth-order valence-electron chi connectivity index (χ4n) is 3.76. The number of guanidine groups is 1. The Balaban J connectivity index is 3.30. The highest BCUT2D eigenvalue weighted by Crippen LogP contribution is 2.34. The molecular weight excluding hydrogens is 440 g/mol. The van der Waals surface area contributed by atoms with Gasteiger partial charge in [-0.2, -0.15) is 0 Å².